The summed E-state index contributed by atoms with van der Waals surface area (Å²) >= 11 is 0. The van der Waals surface area contributed by atoms with Gasteiger partial charge < -0.3 is 15.2 Å². The zero-order chi connectivity index (χ0) is 15.5. The number of hydrogen-bond acceptors (Lipinski definition) is 5. The zero-order valence-electron chi connectivity index (χ0n) is 12.3. The molecule has 2 atom stereocenters. The quantitative estimate of drug-likeness (QED) is 0.727. The lowest BCUT2D eigenvalue weighted by Gasteiger charge is -2.26. The molecule has 0 radical (unpaired) electrons. The summed E-state index contributed by atoms with van der Waals surface area (Å²) in [5, 5.41) is 13.5. The van der Waals surface area contributed by atoms with Crippen molar-refractivity contribution in [2.45, 2.75) is 36.9 Å². The normalized spacial score (nSPS) is 26.0. The maximum atomic E-state index is 11.8. The number of benzene rings is 1. The van der Waals surface area contributed by atoms with Gasteiger partial charge in [0.05, 0.1) is 11.0 Å². The number of aliphatic hydroxyl groups is 1. The second-order valence-corrected chi connectivity index (χ2v) is 7.01. The second-order valence-electron chi connectivity index (χ2n) is 5.25. The van der Waals surface area contributed by atoms with Gasteiger partial charge in [-0.1, -0.05) is 6.92 Å². The summed E-state index contributed by atoms with van der Waals surface area (Å²) in [5.74, 6) is 0. The average molecular weight is 314 g/mol. The van der Waals surface area contributed by atoms with Crippen LogP contribution in [0.4, 0.5) is 5.69 Å². The van der Waals surface area contributed by atoms with Gasteiger partial charge in [-0.3, -0.25) is 0 Å². The van der Waals surface area contributed by atoms with Crippen LogP contribution in [0.3, 0.4) is 0 Å². The van der Waals surface area contributed by atoms with E-state index in [9.17, 15) is 13.5 Å². The van der Waals surface area contributed by atoms with Crippen LogP contribution in [0.15, 0.2) is 29.2 Å². The predicted octanol–water partition coefficient (Wildman–Crippen LogP) is 0.937. The van der Waals surface area contributed by atoms with Crippen LogP contribution >= 0.6 is 0 Å². The Morgan fingerprint density at radius 3 is 2.57 bits per heavy atom. The Hall–Kier alpha value is -1.15. The summed E-state index contributed by atoms with van der Waals surface area (Å²) in [7, 11) is -3.43. The molecule has 0 spiro atoms. The largest absolute Gasteiger partial charge is 0.385 e. The summed E-state index contributed by atoms with van der Waals surface area (Å²) in [4.78, 5) is 0.228. The SMILES string of the molecule is CCNS(=O)(=O)c1ccc(NCC2(O)CCOC2C)cc1. The fraction of sp³-hybridized carbons (Fsp3) is 0.571. The minimum atomic E-state index is -3.43. The standard InChI is InChI=1S/C14H22N2O4S/c1-3-16-21(18,19)13-6-4-12(5-7-13)15-10-14(17)8-9-20-11(14)2/h4-7,11,15-17H,3,8-10H2,1-2H3. The molecule has 7 heteroatoms. The molecule has 21 heavy (non-hydrogen) atoms. The average Bonchev–Trinajstić information content (AvgIpc) is 2.77. The highest BCUT2D eigenvalue weighted by atomic mass is 32.2. The Labute approximate surface area is 125 Å². The molecule has 6 nitrogen and oxygen atoms in total. The summed E-state index contributed by atoms with van der Waals surface area (Å²) in [5.41, 5.74) is -0.118. The molecule has 1 aromatic carbocycles. The molecule has 0 saturated carbocycles. The molecule has 3 N–H and O–H groups in total. The molecule has 1 saturated heterocycles. The lowest BCUT2D eigenvalue weighted by molar-refractivity contribution is -0.0175. The van der Waals surface area contributed by atoms with Crippen molar-refractivity contribution in [1.29, 1.82) is 0 Å². The van der Waals surface area contributed by atoms with Gasteiger partial charge in [-0.2, -0.15) is 0 Å². The maximum absolute atomic E-state index is 11.8. The van der Waals surface area contributed by atoms with E-state index < -0.39 is 15.6 Å². The highest BCUT2D eigenvalue weighted by molar-refractivity contribution is 7.89. The van der Waals surface area contributed by atoms with Crippen molar-refractivity contribution in [3.05, 3.63) is 24.3 Å². The van der Waals surface area contributed by atoms with Crippen LogP contribution in [0.1, 0.15) is 20.3 Å². The van der Waals surface area contributed by atoms with E-state index in [1.54, 1.807) is 31.2 Å². The highest BCUT2D eigenvalue weighted by Gasteiger charge is 2.39. The minimum absolute atomic E-state index is 0.210. The number of nitrogens with one attached hydrogen (secondary N) is 2. The molecule has 1 heterocycles. The molecule has 1 aromatic rings. The fourth-order valence-electron chi connectivity index (χ4n) is 2.28. The number of rotatable bonds is 6. The Morgan fingerprint density at radius 2 is 2.05 bits per heavy atom. The lowest BCUT2D eigenvalue weighted by atomic mass is 9.96. The van der Waals surface area contributed by atoms with Crippen molar-refractivity contribution in [3.8, 4) is 0 Å². The number of hydrogen-bond donors (Lipinski definition) is 3. The molecule has 1 fully saturated rings. The molecular weight excluding hydrogens is 292 g/mol. The van der Waals surface area contributed by atoms with E-state index in [0.29, 0.717) is 26.1 Å². The van der Waals surface area contributed by atoms with Crippen LogP contribution in [0.5, 0.6) is 0 Å². The Morgan fingerprint density at radius 1 is 1.38 bits per heavy atom. The van der Waals surface area contributed by atoms with E-state index in [1.807, 2.05) is 6.92 Å². The Balaban J connectivity index is 2.00. The van der Waals surface area contributed by atoms with Gasteiger partial charge >= 0.3 is 0 Å². The van der Waals surface area contributed by atoms with Gasteiger partial charge in [-0.05, 0) is 31.2 Å². The predicted molar refractivity (Wildman–Crippen MR) is 80.8 cm³/mol. The van der Waals surface area contributed by atoms with Crippen molar-refractivity contribution in [1.82, 2.24) is 4.72 Å². The van der Waals surface area contributed by atoms with Gasteiger partial charge in [-0.25, -0.2) is 13.1 Å². The molecule has 2 unspecified atom stereocenters. The number of anilines is 1. The van der Waals surface area contributed by atoms with Crippen LogP contribution in [0.2, 0.25) is 0 Å². The molecule has 0 aromatic heterocycles. The van der Waals surface area contributed by atoms with Crippen LogP contribution in [0.25, 0.3) is 0 Å². The van der Waals surface area contributed by atoms with E-state index in [-0.39, 0.29) is 11.0 Å². The van der Waals surface area contributed by atoms with E-state index >= 15 is 0 Å². The third-order valence-corrected chi connectivity index (χ3v) is 5.32. The highest BCUT2D eigenvalue weighted by Crippen LogP contribution is 2.26. The monoisotopic (exact) mass is 314 g/mol. The summed E-state index contributed by atoms with van der Waals surface area (Å²) in [6.45, 7) is 4.86. The van der Waals surface area contributed by atoms with Crippen molar-refractivity contribution < 1.29 is 18.3 Å². The van der Waals surface area contributed by atoms with E-state index in [2.05, 4.69) is 10.0 Å². The van der Waals surface area contributed by atoms with Gasteiger partial charge in [0.25, 0.3) is 0 Å². The molecular formula is C14H22N2O4S. The third-order valence-electron chi connectivity index (χ3n) is 3.76. The number of sulfonamides is 1. The first-order valence-corrected chi connectivity index (χ1v) is 8.53. The van der Waals surface area contributed by atoms with Crippen LogP contribution < -0.4 is 10.0 Å². The first-order chi connectivity index (χ1) is 9.87. The Kier molecular flexibility index (Phi) is 4.88. The van der Waals surface area contributed by atoms with Crippen molar-refractivity contribution in [2.24, 2.45) is 0 Å². The molecule has 0 aliphatic carbocycles. The first-order valence-electron chi connectivity index (χ1n) is 7.05. The minimum Gasteiger partial charge on any atom is -0.385 e. The third kappa shape index (κ3) is 3.74. The zero-order valence-corrected chi connectivity index (χ0v) is 13.1. The summed E-state index contributed by atoms with van der Waals surface area (Å²) in [6, 6.07) is 6.46. The van der Waals surface area contributed by atoms with E-state index in [4.69, 9.17) is 4.74 Å². The van der Waals surface area contributed by atoms with Crippen LogP contribution in [-0.4, -0.2) is 44.9 Å². The van der Waals surface area contributed by atoms with Gasteiger partial charge in [-0.15, -0.1) is 0 Å². The van der Waals surface area contributed by atoms with Crippen molar-refractivity contribution >= 4 is 15.7 Å². The van der Waals surface area contributed by atoms with Gasteiger partial charge in [0.2, 0.25) is 10.0 Å². The molecule has 0 amide bonds. The van der Waals surface area contributed by atoms with Crippen molar-refractivity contribution in [2.75, 3.05) is 25.0 Å². The van der Waals surface area contributed by atoms with Crippen molar-refractivity contribution in [3.63, 3.8) is 0 Å². The summed E-state index contributed by atoms with van der Waals surface area (Å²) < 4.78 is 31.4. The van der Waals surface area contributed by atoms with Gasteiger partial charge in [0.15, 0.2) is 0 Å². The Bertz CT molecular complexity index is 573. The fourth-order valence-corrected chi connectivity index (χ4v) is 3.32. The van der Waals surface area contributed by atoms with Crippen LogP contribution in [0, 0.1) is 0 Å². The molecule has 2 rings (SSSR count). The maximum Gasteiger partial charge on any atom is 0.240 e. The molecule has 0 bridgehead atoms. The molecule has 1 aliphatic rings. The smallest absolute Gasteiger partial charge is 0.240 e. The van der Waals surface area contributed by atoms with Gasteiger partial charge in [0, 0.05) is 31.8 Å². The number of ether oxygens (including phenoxy) is 1. The lowest BCUT2D eigenvalue weighted by Crippen LogP contribution is -2.43. The summed E-state index contributed by atoms with van der Waals surface area (Å²) in [6.07, 6.45) is 0.382. The van der Waals surface area contributed by atoms with E-state index in [0.717, 1.165) is 5.69 Å². The van der Waals surface area contributed by atoms with Crippen LogP contribution in [-0.2, 0) is 14.8 Å². The first kappa shape index (κ1) is 16.2. The molecule has 1 aliphatic heterocycles. The topological polar surface area (TPSA) is 87.7 Å². The molecule has 118 valence electrons. The van der Waals surface area contributed by atoms with Gasteiger partial charge in [0.1, 0.15) is 5.60 Å². The second kappa shape index (κ2) is 6.31. The van der Waals surface area contributed by atoms with E-state index in [1.165, 1.54) is 0 Å².